The number of hydrogen-bond acceptors (Lipinski definition) is 8. The number of ether oxygens (including phenoxy) is 3. The van der Waals surface area contributed by atoms with Crippen LogP contribution in [0.15, 0.2) is 29.5 Å². The van der Waals surface area contributed by atoms with Crippen molar-refractivity contribution in [2.45, 2.75) is 19.1 Å². The third kappa shape index (κ3) is 3.32. The molecule has 0 saturated carbocycles. The molecule has 0 saturated heterocycles. The van der Waals surface area contributed by atoms with Crippen LogP contribution in [0.3, 0.4) is 0 Å². The fourth-order valence-electron chi connectivity index (χ4n) is 2.86. The van der Waals surface area contributed by atoms with Gasteiger partial charge in [0.05, 0.1) is 26.4 Å². The van der Waals surface area contributed by atoms with Gasteiger partial charge in [0.2, 0.25) is 5.95 Å². The van der Waals surface area contributed by atoms with E-state index in [2.05, 4.69) is 20.8 Å². The Morgan fingerprint density at radius 1 is 1.25 bits per heavy atom. The van der Waals surface area contributed by atoms with E-state index in [1.54, 1.807) is 0 Å². The van der Waals surface area contributed by atoms with Crippen molar-refractivity contribution in [1.82, 2.24) is 20.2 Å². The number of carbonyl (C=O) groups is 1. The largest absolute Gasteiger partial charge is 0.493 e. The molecule has 3 rings (SSSR count). The highest BCUT2D eigenvalue weighted by molar-refractivity contribution is 5.92. The molecule has 0 spiro atoms. The zero-order chi connectivity index (χ0) is 20.5. The Hall–Kier alpha value is -3.31. The highest BCUT2D eigenvalue weighted by atomic mass is 19.4. The number of methoxy groups -OCH3 is 2. The molecule has 0 amide bonds. The van der Waals surface area contributed by atoms with Gasteiger partial charge in [-0.2, -0.15) is 17.9 Å². The van der Waals surface area contributed by atoms with Crippen molar-refractivity contribution in [2.24, 2.45) is 0 Å². The number of hydrogen-bond donors (Lipinski definition) is 1. The van der Waals surface area contributed by atoms with E-state index >= 15 is 0 Å². The number of anilines is 1. The highest BCUT2D eigenvalue weighted by Gasteiger charge is 2.47. The zero-order valence-electron chi connectivity index (χ0n) is 15.1. The third-order valence-electron chi connectivity index (χ3n) is 4.02. The van der Waals surface area contributed by atoms with Crippen molar-refractivity contribution in [1.29, 1.82) is 0 Å². The lowest BCUT2D eigenvalue weighted by atomic mass is 9.94. The van der Waals surface area contributed by atoms with Gasteiger partial charge in [-0.15, -0.1) is 0 Å². The second-order valence-electron chi connectivity index (χ2n) is 5.60. The van der Waals surface area contributed by atoms with E-state index < -0.39 is 29.5 Å². The Morgan fingerprint density at radius 2 is 1.96 bits per heavy atom. The van der Waals surface area contributed by atoms with Crippen molar-refractivity contribution in [3.8, 4) is 11.5 Å². The molecular formula is C16H16F3N5O4. The van der Waals surface area contributed by atoms with Gasteiger partial charge in [-0.25, -0.2) is 4.79 Å². The van der Waals surface area contributed by atoms with Crippen LogP contribution in [0, 0.1) is 0 Å². The summed E-state index contributed by atoms with van der Waals surface area (Å²) in [6, 6.07) is 3.17. The molecule has 0 radical (unpaired) electrons. The summed E-state index contributed by atoms with van der Waals surface area (Å²) >= 11 is 0. The average molecular weight is 399 g/mol. The van der Waals surface area contributed by atoms with Gasteiger partial charge in [0.25, 0.3) is 0 Å². The van der Waals surface area contributed by atoms with Gasteiger partial charge < -0.3 is 19.5 Å². The molecule has 0 bridgehead atoms. The predicted molar refractivity (Wildman–Crippen MR) is 88.8 cm³/mol. The summed E-state index contributed by atoms with van der Waals surface area (Å²) in [5.74, 6) is -0.761. The monoisotopic (exact) mass is 399 g/mol. The molecule has 1 atom stereocenters. The van der Waals surface area contributed by atoms with Crippen molar-refractivity contribution in [2.75, 3.05) is 26.1 Å². The van der Waals surface area contributed by atoms with E-state index in [1.807, 2.05) is 0 Å². The number of alkyl halides is 3. The molecule has 0 unspecified atom stereocenters. The van der Waals surface area contributed by atoms with Crippen LogP contribution in [0.5, 0.6) is 11.5 Å². The molecule has 150 valence electrons. The van der Waals surface area contributed by atoms with Crippen LogP contribution < -0.4 is 14.8 Å². The minimum absolute atomic E-state index is 0.103. The van der Waals surface area contributed by atoms with Crippen LogP contribution in [-0.2, 0) is 9.53 Å². The van der Waals surface area contributed by atoms with E-state index in [4.69, 9.17) is 14.2 Å². The van der Waals surface area contributed by atoms with Crippen LogP contribution in [0.2, 0.25) is 0 Å². The van der Waals surface area contributed by atoms with Gasteiger partial charge in [-0.1, -0.05) is 11.2 Å². The molecule has 0 aliphatic carbocycles. The number of benzene rings is 1. The summed E-state index contributed by atoms with van der Waals surface area (Å²) in [6.07, 6.45) is -4.87. The van der Waals surface area contributed by atoms with Gasteiger partial charge in [0, 0.05) is 0 Å². The number of esters is 1. The number of nitrogens with one attached hydrogen (secondary N) is 1. The molecule has 1 aliphatic heterocycles. The number of fused-ring (bicyclic) bond motifs is 1. The van der Waals surface area contributed by atoms with Crippen LogP contribution in [0.4, 0.5) is 19.1 Å². The molecule has 9 nitrogen and oxygen atoms in total. The predicted octanol–water partition coefficient (Wildman–Crippen LogP) is 2.08. The number of nitrogens with zero attached hydrogens (tertiary/aromatic N) is 4. The maximum absolute atomic E-state index is 13.7. The van der Waals surface area contributed by atoms with Gasteiger partial charge >= 0.3 is 12.1 Å². The first-order chi connectivity index (χ1) is 13.3. The van der Waals surface area contributed by atoms with E-state index in [0.29, 0.717) is 5.75 Å². The van der Waals surface area contributed by atoms with Crippen LogP contribution in [0.25, 0.3) is 0 Å². The lowest BCUT2D eigenvalue weighted by Crippen LogP contribution is -2.35. The van der Waals surface area contributed by atoms with Gasteiger partial charge in [-0.3, -0.25) is 0 Å². The number of tetrazole rings is 1. The molecule has 2 aromatic rings. The summed E-state index contributed by atoms with van der Waals surface area (Å²) < 4.78 is 57.4. The summed E-state index contributed by atoms with van der Waals surface area (Å²) in [5.41, 5.74) is -1.67. The van der Waals surface area contributed by atoms with Crippen molar-refractivity contribution in [3.05, 3.63) is 35.0 Å². The van der Waals surface area contributed by atoms with E-state index in [0.717, 1.165) is 4.68 Å². The van der Waals surface area contributed by atoms with Crippen LogP contribution in [0.1, 0.15) is 18.5 Å². The highest BCUT2D eigenvalue weighted by Crippen LogP contribution is 2.42. The molecule has 1 aliphatic rings. The molecule has 28 heavy (non-hydrogen) atoms. The van der Waals surface area contributed by atoms with Gasteiger partial charge in [-0.05, 0) is 35.0 Å². The number of halogens is 3. The Morgan fingerprint density at radius 3 is 2.57 bits per heavy atom. The molecule has 12 heteroatoms. The van der Waals surface area contributed by atoms with E-state index in [-0.39, 0.29) is 23.9 Å². The lowest BCUT2D eigenvalue weighted by Gasteiger charge is -2.29. The number of carbonyl (C=O) groups excluding carboxylic acids is 1. The minimum atomic E-state index is -4.87. The molecule has 0 fully saturated rings. The van der Waals surface area contributed by atoms with Gasteiger partial charge in [0.1, 0.15) is 11.7 Å². The van der Waals surface area contributed by atoms with E-state index in [9.17, 15) is 18.0 Å². The molecule has 2 heterocycles. The second kappa shape index (κ2) is 7.37. The fraction of sp³-hybridized carbons (Fsp3) is 0.375. The smallest absolute Gasteiger partial charge is 0.431 e. The summed E-state index contributed by atoms with van der Waals surface area (Å²) in [7, 11) is 2.81. The molecule has 1 aromatic heterocycles. The number of aromatic nitrogens is 4. The van der Waals surface area contributed by atoms with Gasteiger partial charge in [0.15, 0.2) is 11.5 Å². The van der Waals surface area contributed by atoms with E-state index in [1.165, 1.54) is 39.3 Å². The first-order valence-electron chi connectivity index (χ1n) is 8.07. The van der Waals surface area contributed by atoms with Crippen molar-refractivity contribution < 1.29 is 32.2 Å². The third-order valence-corrected chi connectivity index (χ3v) is 4.02. The normalized spacial score (nSPS) is 16.3. The minimum Gasteiger partial charge on any atom is -0.493 e. The SMILES string of the molecule is CCOC(=O)C1=C(C(F)(F)F)Nc2nnnn2[C@@H]1c1ccc(OC)c(OC)c1. The fourth-order valence-corrected chi connectivity index (χ4v) is 2.86. The Labute approximate surface area is 157 Å². The van der Waals surface area contributed by atoms with Crippen LogP contribution >= 0.6 is 0 Å². The maximum atomic E-state index is 13.7. The van der Waals surface area contributed by atoms with Crippen LogP contribution in [-0.4, -0.2) is 53.2 Å². The molecular weight excluding hydrogens is 383 g/mol. The Balaban J connectivity index is 2.25. The topological polar surface area (TPSA) is 100 Å². The van der Waals surface area contributed by atoms with Crippen molar-refractivity contribution in [3.63, 3.8) is 0 Å². The lowest BCUT2D eigenvalue weighted by molar-refractivity contribution is -0.140. The maximum Gasteiger partial charge on any atom is 0.431 e. The quantitative estimate of drug-likeness (QED) is 0.763. The molecule has 1 N–H and O–H groups in total. The summed E-state index contributed by atoms with van der Waals surface area (Å²) in [4.78, 5) is 12.5. The average Bonchev–Trinajstić information content (AvgIpc) is 3.13. The Kier molecular flexibility index (Phi) is 5.12. The standard InChI is InChI=1S/C16H16F3N5O4/c1-4-28-14(25)11-12(8-5-6-9(26-2)10(7-8)27-3)24-15(21-22-23-24)20-13(11)16(17,18)19/h5-7,12H,4H2,1-3H3,(H,20,21,23)/t12-/m1/s1. The summed E-state index contributed by atoms with van der Waals surface area (Å²) in [5, 5.41) is 12.8. The summed E-state index contributed by atoms with van der Waals surface area (Å²) in [6.45, 7) is 1.39. The van der Waals surface area contributed by atoms with Crippen molar-refractivity contribution >= 4 is 11.9 Å². The first kappa shape index (κ1) is 19.5. The first-order valence-corrected chi connectivity index (χ1v) is 8.07. The number of allylic oxidation sites excluding steroid dienone is 1. The zero-order valence-corrected chi connectivity index (χ0v) is 15.1. The number of rotatable bonds is 5. The Bertz CT molecular complexity index is 925. The second-order valence-corrected chi connectivity index (χ2v) is 5.60. The molecule has 1 aromatic carbocycles.